The molecule has 0 unspecified atom stereocenters. The zero-order valence-electron chi connectivity index (χ0n) is 17.9. The van der Waals surface area contributed by atoms with Crippen LogP contribution in [0, 0.1) is 25.2 Å². The maximum atomic E-state index is 13.5. The molecule has 0 saturated heterocycles. The fourth-order valence-electron chi connectivity index (χ4n) is 3.70. The number of anilines is 1. The Hall–Kier alpha value is -3.70. The second kappa shape index (κ2) is 7.77. The summed E-state index contributed by atoms with van der Waals surface area (Å²) in [6, 6.07) is 11.4. The van der Waals surface area contributed by atoms with E-state index >= 15 is 0 Å². The summed E-state index contributed by atoms with van der Waals surface area (Å²) in [4.78, 5) is 19.1. The third-order valence-electron chi connectivity index (χ3n) is 5.79. The quantitative estimate of drug-likeness (QED) is 0.431. The number of aryl methyl sites for hydroxylation is 1. The van der Waals surface area contributed by atoms with E-state index in [9.17, 15) is 10.1 Å². The van der Waals surface area contributed by atoms with Crippen LogP contribution in [-0.4, -0.2) is 23.2 Å². The van der Waals surface area contributed by atoms with E-state index in [-0.39, 0.29) is 5.91 Å². The van der Waals surface area contributed by atoms with Crippen LogP contribution < -0.4 is 10.1 Å². The molecule has 1 amide bonds. The largest absolute Gasteiger partial charge is 0.497 e. The van der Waals surface area contributed by atoms with E-state index in [4.69, 9.17) is 9.26 Å². The van der Waals surface area contributed by atoms with Crippen LogP contribution in [0.25, 0.3) is 22.4 Å². The van der Waals surface area contributed by atoms with Crippen LogP contribution in [0.15, 0.2) is 34.9 Å². The molecule has 32 heavy (non-hydrogen) atoms. The van der Waals surface area contributed by atoms with Crippen molar-refractivity contribution in [2.24, 2.45) is 0 Å². The molecule has 1 fully saturated rings. The van der Waals surface area contributed by atoms with Gasteiger partial charge in [-0.1, -0.05) is 5.16 Å². The van der Waals surface area contributed by atoms with Gasteiger partial charge in [0.25, 0.3) is 11.6 Å². The zero-order chi connectivity index (χ0) is 22.4. The van der Waals surface area contributed by atoms with Crippen LogP contribution in [0.1, 0.15) is 50.8 Å². The lowest BCUT2D eigenvalue weighted by atomic mass is 10.0. The first kappa shape index (κ1) is 20.2. The molecule has 5 rings (SSSR count). The standard InChI is InChI=1S/C24H20N4O3S/c1-12-13(2)32-24(18(12)11-25)27-22(29)17-10-19(14-4-5-14)26-23-20(17)21(28-31-23)15-6-8-16(30-3)9-7-15/h6-10,14H,4-5H2,1-3H3,(H,27,29). The number of amides is 1. The van der Waals surface area contributed by atoms with Crippen molar-refractivity contribution in [1.29, 1.82) is 5.26 Å². The molecule has 7 nitrogen and oxygen atoms in total. The number of carbonyl (C=O) groups is 1. The molecule has 1 aliphatic rings. The average molecular weight is 445 g/mol. The SMILES string of the molecule is COc1ccc(-c2noc3nc(C4CC4)cc(C(=O)Nc4sc(C)c(C)c4C#N)c23)cc1. The van der Waals surface area contributed by atoms with Gasteiger partial charge in [0.15, 0.2) is 0 Å². The number of hydrogen-bond donors (Lipinski definition) is 1. The summed E-state index contributed by atoms with van der Waals surface area (Å²) in [5.74, 6) is 0.748. The topological polar surface area (TPSA) is 101 Å². The number of ether oxygens (including phenoxy) is 1. The molecule has 3 heterocycles. The summed E-state index contributed by atoms with van der Waals surface area (Å²) in [7, 11) is 1.61. The van der Waals surface area contributed by atoms with Crippen LogP contribution >= 0.6 is 11.3 Å². The fourth-order valence-corrected chi connectivity index (χ4v) is 4.71. The van der Waals surface area contributed by atoms with Crippen molar-refractivity contribution >= 4 is 33.3 Å². The number of rotatable bonds is 5. The van der Waals surface area contributed by atoms with E-state index in [0.29, 0.717) is 38.8 Å². The Bertz CT molecular complexity index is 1390. The van der Waals surface area contributed by atoms with Crippen LogP contribution in [0.4, 0.5) is 5.00 Å². The van der Waals surface area contributed by atoms with Gasteiger partial charge in [0.1, 0.15) is 22.5 Å². The van der Waals surface area contributed by atoms with Gasteiger partial charge in [0.2, 0.25) is 0 Å². The Labute approximate surface area is 188 Å². The van der Waals surface area contributed by atoms with Crippen LogP contribution in [0.5, 0.6) is 5.75 Å². The van der Waals surface area contributed by atoms with Gasteiger partial charge in [-0.25, -0.2) is 4.98 Å². The number of pyridine rings is 1. The van der Waals surface area contributed by atoms with Crippen molar-refractivity contribution in [2.75, 3.05) is 12.4 Å². The minimum absolute atomic E-state index is 0.310. The van der Waals surface area contributed by atoms with Gasteiger partial charge in [-0.3, -0.25) is 4.79 Å². The van der Waals surface area contributed by atoms with E-state index in [2.05, 4.69) is 21.5 Å². The summed E-state index contributed by atoms with van der Waals surface area (Å²) in [5.41, 5.74) is 4.33. The molecular formula is C24H20N4O3S. The summed E-state index contributed by atoms with van der Waals surface area (Å²) in [6.45, 7) is 3.83. The van der Waals surface area contributed by atoms with Gasteiger partial charge >= 0.3 is 0 Å². The summed E-state index contributed by atoms with van der Waals surface area (Å²) in [5, 5.41) is 17.8. The molecule has 1 aliphatic carbocycles. The number of carbonyl (C=O) groups excluding carboxylic acids is 1. The van der Waals surface area contributed by atoms with Gasteiger partial charge in [0, 0.05) is 22.1 Å². The van der Waals surface area contributed by atoms with Crippen molar-refractivity contribution in [3.63, 3.8) is 0 Å². The predicted octanol–water partition coefficient (Wildman–Crippen LogP) is 5.58. The first-order valence-electron chi connectivity index (χ1n) is 10.3. The van der Waals surface area contributed by atoms with Gasteiger partial charge in [-0.05, 0) is 62.6 Å². The predicted molar refractivity (Wildman–Crippen MR) is 122 cm³/mol. The highest BCUT2D eigenvalue weighted by atomic mass is 32.1. The molecule has 0 atom stereocenters. The highest BCUT2D eigenvalue weighted by Crippen LogP contribution is 2.42. The monoisotopic (exact) mass is 444 g/mol. The number of aromatic nitrogens is 2. The smallest absolute Gasteiger partial charge is 0.259 e. The van der Waals surface area contributed by atoms with E-state index < -0.39 is 0 Å². The molecule has 4 aromatic rings. The maximum Gasteiger partial charge on any atom is 0.259 e. The summed E-state index contributed by atoms with van der Waals surface area (Å²) < 4.78 is 10.8. The van der Waals surface area contributed by atoms with Crippen molar-refractivity contribution in [3.8, 4) is 23.1 Å². The normalized spacial score (nSPS) is 13.2. The number of fused-ring (bicyclic) bond motifs is 1. The van der Waals surface area contributed by atoms with Crippen molar-refractivity contribution in [1.82, 2.24) is 10.1 Å². The Morgan fingerprint density at radius 1 is 1.28 bits per heavy atom. The lowest BCUT2D eigenvalue weighted by molar-refractivity contribution is 0.102. The molecule has 0 spiro atoms. The van der Waals surface area contributed by atoms with E-state index in [1.165, 1.54) is 11.3 Å². The van der Waals surface area contributed by atoms with Gasteiger partial charge in [0.05, 0.1) is 23.6 Å². The molecule has 8 heteroatoms. The Balaban J connectivity index is 1.63. The van der Waals surface area contributed by atoms with Crippen LogP contribution in [-0.2, 0) is 0 Å². The molecular weight excluding hydrogens is 424 g/mol. The molecule has 3 aromatic heterocycles. The summed E-state index contributed by atoms with van der Waals surface area (Å²) >= 11 is 1.40. The lowest BCUT2D eigenvalue weighted by Gasteiger charge is -2.08. The van der Waals surface area contributed by atoms with Crippen molar-refractivity contribution in [3.05, 3.63) is 57.6 Å². The Morgan fingerprint density at radius 3 is 2.69 bits per heavy atom. The van der Waals surface area contributed by atoms with Gasteiger partial charge < -0.3 is 14.6 Å². The number of nitriles is 1. The van der Waals surface area contributed by atoms with Crippen molar-refractivity contribution < 1.29 is 14.1 Å². The van der Waals surface area contributed by atoms with E-state index in [1.807, 2.05) is 44.2 Å². The van der Waals surface area contributed by atoms with E-state index in [0.717, 1.165) is 40.3 Å². The molecule has 0 radical (unpaired) electrons. The molecule has 1 aromatic carbocycles. The molecule has 0 bridgehead atoms. The number of hydrogen-bond acceptors (Lipinski definition) is 7. The Morgan fingerprint density at radius 2 is 2.03 bits per heavy atom. The first-order chi connectivity index (χ1) is 15.5. The average Bonchev–Trinajstić information content (AvgIpc) is 3.51. The maximum absolute atomic E-state index is 13.5. The third-order valence-corrected chi connectivity index (χ3v) is 6.92. The fraction of sp³-hybridized carbons (Fsp3) is 0.250. The highest BCUT2D eigenvalue weighted by molar-refractivity contribution is 7.16. The minimum atomic E-state index is -0.310. The minimum Gasteiger partial charge on any atom is -0.497 e. The lowest BCUT2D eigenvalue weighted by Crippen LogP contribution is -2.13. The number of benzene rings is 1. The van der Waals surface area contributed by atoms with Gasteiger partial charge in [-0.2, -0.15) is 5.26 Å². The zero-order valence-corrected chi connectivity index (χ0v) is 18.7. The molecule has 1 N–H and O–H groups in total. The second-order valence-corrected chi connectivity index (χ2v) is 9.09. The molecule has 160 valence electrons. The van der Waals surface area contributed by atoms with E-state index in [1.54, 1.807) is 7.11 Å². The third kappa shape index (κ3) is 3.41. The van der Waals surface area contributed by atoms with Gasteiger partial charge in [-0.15, -0.1) is 11.3 Å². The molecule has 1 saturated carbocycles. The number of nitrogens with zero attached hydrogens (tertiary/aromatic N) is 3. The van der Waals surface area contributed by atoms with Crippen LogP contribution in [0.2, 0.25) is 0 Å². The van der Waals surface area contributed by atoms with Crippen LogP contribution in [0.3, 0.4) is 0 Å². The first-order valence-corrected chi connectivity index (χ1v) is 11.1. The Kier molecular flexibility index (Phi) is 4.91. The second-order valence-electron chi connectivity index (χ2n) is 7.86. The number of thiophene rings is 1. The number of methoxy groups -OCH3 is 1. The number of nitrogens with one attached hydrogen (secondary N) is 1. The highest BCUT2D eigenvalue weighted by Gasteiger charge is 2.30. The van der Waals surface area contributed by atoms with Crippen molar-refractivity contribution in [2.45, 2.75) is 32.6 Å². The molecule has 0 aliphatic heterocycles. The summed E-state index contributed by atoms with van der Waals surface area (Å²) in [6.07, 6.45) is 2.09.